The van der Waals surface area contributed by atoms with Gasteiger partial charge in [-0.2, -0.15) is 0 Å². The highest BCUT2D eigenvalue weighted by atomic mass is 79.9. The molecule has 0 spiro atoms. The van der Waals surface area contributed by atoms with E-state index in [-0.39, 0.29) is 5.82 Å². The van der Waals surface area contributed by atoms with Crippen molar-refractivity contribution in [2.45, 2.75) is 20.4 Å². The van der Waals surface area contributed by atoms with Gasteiger partial charge in [0.05, 0.1) is 11.1 Å². The average molecular weight is 304 g/mol. The minimum absolute atomic E-state index is 0.217. The molecule has 4 heteroatoms. The molecule has 0 heterocycles. The number of likely N-dealkylation sites (N-methyl/N-ethyl adjacent to an activating group) is 1. The predicted octanol–water partition coefficient (Wildman–Crippen LogP) is 3.45. The number of ether oxygens (including phenoxy) is 1. The molecule has 0 unspecified atom stereocenters. The van der Waals surface area contributed by atoms with Crippen LogP contribution < -0.4 is 0 Å². The van der Waals surface area contributed by atoms with Gasteiger partial charge in [0.2, 0.25) is 0 Å². The molecule has 0 aliphatic carbocycles. The van der Waals surface area contributed by atoms with Crippen LogP contribution in [-0.4, -0.2) is 31.2 Å². The molecule has 0 fully saturated rings. The highest BCUT2D eigenvalue weighted by Crippen LogP contribution is 2.17. The Morgan fingerprint density at radius 2 is 2.12 bits per heavy atom. The van der Waals surface area contributed by atoms with Gasteiger partial charge in [-0.05, 0) is 47.1 Å². The molecule has 0 atom stereocenters. The Kier molecular flexibility index (Phi) is 6.70. The third-order valence-electron chi connectivity index (χ3n) is 2.59. The second-order valence-electron chi connectivity index (χ2n) is 3.81. The molecule has 1 aromatic rings. The van der Waals surface area contributed by atoms with E-state index in [2.05, 4.69) is 27.8 Å². The van der Waals surface area contributed by atoms with Gasteiger partial charge in [-0.3, -0.25) is 4.90 Å². The predicted molar refractivity (Wildman–Crippen MR) is 71.5 cm³/mol. The molecular weight excluding hydrogens is 285 g/mol. The molecule has 96 valence electrons. The van der Waals surface area contributed by atoms with E-state index in [0.29, 0.717) is 4.47 Å². The van der Waals surface area contributed by atoms with E-state index in [9.17, 15) is 4.39 Å². The summed E-state index contributed by atoms with van der Waals surface area (Å²) in [5, 5.41) is 0. The first-order chi connectivity index (χ1) is 8.17. The molecule has 0 aromatic heterocycles. The largest absolute Gasteiger partial charge is 0.380 e. The lowest BCUT2D eigenvalue weighted by molar-refractivity contribution is 0.113. The van der Waals surface area contributed by atoms with Crippen molar-refractivity contribution in [3.63, 3.8) is 0 Å². The number of rotatable bonds is 7. The quantitative estimate of drug-likeness (QED) is 0.715. The fourth-order valence-electron chi connectivity index (χ4n) is 1.58. The van der Waals surface area contributed by atoms with E-state index in [1.165, 1.54) is 6.07 Å². The van der Waals surface area contributed by atoms with E-state index in [0.717, 1.165) is 38.4 Å². The lowest BCUT2D eigenvalue weighted by atomic mass is 10.2. The minimum Gasteiger partial charge on any atom is -0.380 e. The summed E-state index contributed by atoms with van der Waals surface area (Å²) in [4.78, 5) is 2.27. The van der Waals surface area contributed by atoms with Gasteiger partial charge in [0.15, 0.2) is 0 Å². The number of benzene rings is 1. The third kappa shape index (κ3) is 5.15. The van der Waals surface area contributed by atoms with Crippen molar-refractivity contribution in [3.8, 4) is 0 Å². The summed E-state index contributed by atoms with van der Waals surface area (Å²) in [6, 6.07) is 5.15. The molecule has 17 heavy (non-hydrogen) atoms. The van der Waals surface area contributed by atoms with Crippen LogP contribution in [0.1, 0.15) is 19.4 Å². The summed E-state index contributed by atoms with van der Waals surface area (Å²) in [7, 11) is 0. The van der Waals surface area contributed by atoms with Crippen LogP contribution in [0, 0.1) is 5.82 Å². The Morgan fingerprint density at radius 1 is 1.35 bits per heavy atom. The van der Waals surface area contributed by atoms with Crippen LogP contribution in [0.2, 0.25) is 0 Å². The normalized spacial score (nSPS) is 11.1. The first-order valence-corrected chi connectivity index (χ1v) is 6.70. The van der Waals surface area contributed by atoms with Gasteiger partial charge in [0.1, 0.15) is 5.82 Å². The molecular formula is C13H19BrFNO. The van der Waals surface area contributed by atoms with Crippen LogP contribution in [-0.2, 0) is 11.3 Å². The van der Waals surface area contributed by atoms with Crippen molar-refractivity contribution in [3.05, 3.63) is 34.1 Å². The topological polar surface area (TPSA) is 12.5 Å². The van der Waals surface area contributed by atoms with E-state index >= 15 is 0 Å². The SMILES string of the molecule is CCOCCN(CC)Cc1ccc(F)c(Br)c1. The van der Waals surface area contributed by atoms with Crippen molar-refractivity contribution in [2.24, 2.45) is 0 Å². The molecule has 0 amide bonds. The summed E-state index contributed by atoms with van der Waals surface area (Å²) in [6.07, 6.45) is 0. The highest BCUT2D eigenvalue weighted by Gasteiger charge is 2.05. The second-order valence-corrected chi connectivity index (χ2v) is 4.67. The fraction of sp³-hybridized carbons (Fsp3) is 0.538. The number of nitrogens with zero attached hydrogens (tertiary/aromatic N) is 1. The minimum atomic E-state index is -0.217. The number of hydrogen-bond acceptors (Lipinski definition) is 2. The van der Waals surface area contributed by atoms with Crippen molar-refractivity contribution in [1.82, 2.24) is 4.90 Å². The van der Waals surface area contributed by atoms with Crippen LogP contribution in [0.4, 0.5) is 4.39 Å². The van der Waals surface area contributed by atoms with Crippen molar-refractivity contribution >= 4 is 15.9 Å². The van der Waals surface area contributed by atoms with Gasteiger partial charge in [-0.1, -0.05) is 13.0 Å². The van der Waals surface area contributed by atoms with Gasteiger partial charge in [0.25, 0.3) is 0 Å². The first kappa shape index (κ1) is 14.6. The first-order valence-electron chi connectivity index (χ1n) is 5.91. The van der Waals surface area contributed by atoms with E-state index < -0.39 is 0 Å². The Morgan fingerprint density at radius 3 is 2.71 bits per heavy atom. The molecule has 2 nitrogen and oxygen atoms in total. The van der Waals surface area contributed by atoms with Gasteiger partial charge >= 0.3 is 0 Å². The van der Waals surface area contributed by atoms with Crippen LogP contribution in [0.25, 0.3) is 0 Å². The van der Waals surface area contributed by atoms with E-state index in [4.69, 9.17) is 4.74 Å². The molecule has 0 bridgehead atoms. The highest BCUT2D eigenvalue weighted by molar-refractivity contribution is 9.10. The van der Waals surface area contributed by atoms with Gasteiger partial charge < -0.3 is 4.74 Å². The van der Waals surface area contributed by atoms with Crippen LogP contribution in [0.15, 0.2) is 22.7 Å². The average Bonchev–Trinajstić information content (AvgIpc) is 2.32. The summed E-state index contributed by atoms with van der Waals surface area (Å²) in [5.41, 5.74) is 1.11. The van der Waals surface area contributed by atoms with Crippen molar-refractivity contribution in [2.75, 3.05) is 26.3 Å². The summed E-state index contributed by atoms with van der Waals surface area (Å²) < 4.78 is 18.9. The van der Waals surface area contributed by atoms with Gasteiger partial charge in [-0.25, -0.2) is 4.39 Å². The van der Waals surface area contributed by atoms with Crippen molar-refractivity contribution in [1.29, 1.82) is 0 Å². The Hall–Kier alpha value is -0.450. The molecule has 0 saturated heterocycles. The lowest BCUT2D eigenvalue weighted by Crippen LogP contribution is -2.27. The Balaban J connectivity index is 2.51. The van der Waals surface area contributed by atoms with E-state index in [1.54, 1.807) is 0 Å². The maximum atomic E-state index is 13.1. The second kappa shape index (κ2) is 7.80. The lowest BCUT2D eigenvalue weighted by Gasteiger charge is -2.20. The molecule has 1 aromatic carbocycles. The Labute approximate surface area is 111 Å². The maximum absolute atomic E-state index is 13.1. The monoisotopic (exact) mass is 303 g/mol. The van der Waals surface area contributed by atoms with Gasteiger partial charge in [0, 0.05) is 19.7 Å². The zero-order valence-corrected chi connectivity index (χ0v) is 12.0. The number of halogens is 2. The smallest absolute Gasteiger partial charge is 0.137 e. The third-order valence-corrected chi connectivity index (χ3v) is 3.20. The molecule has 0 saturated carbocycles. The van der Waals surface area contributed by atoms with E-state index in [1.807, 2.05) is 19.1 Å². The zero-order valence-electron chi connectivity index (χ0n) is 10.4. The fourth-order valence-corrected chi connectivity index (χ4v) is 2.01. The maximum Gasteiger partial charge on any atom is 0.137 e. The summed E-state index contributed by atoms with van der Waals surface area (Å²) in [6.45, 7) is 8.29. The molecule has 0 radical (unpaired) electrons. The standard InChI is InChI=1S/C13H19BrFNO/c1-3-16(7-8-17-4-2)10-11-5-6-13(15)12(14)9-11/h5-6,9H,3-4,7-8,10H2,1-2H3. The van der Waals surface area contributed by atoms with Crippen LogP contribution >= 0.6 is 15.9 Å². The van der Waals surface area contributed by atoms with Crippen LogP contribution in [0.5, 0.6) is 0 Å². The molecule has 1 rings (SSSR count). The zero-order chi connectivity index (χ0) is 12.7. The molecule has 0 aliphatic heterocycles. The van der Waals surface area contributed by atoms with Crippen molar-refractivity contribution < 1.29 is 9.13 Å². The Bertz CT molecular complexity index is 346. The molecule has 0 N–H and O–H groups in total. The summed E-state index contributed by atoms with van der Waals surface area (Å²) in [5.74, 6) is -0.217. The summed E-state index contributed by atoms with van der Waals surface area (Å²) >= 11 is 3.20. The number of hydrogen-bond donors (Lipinski definition) is 0. The van der Waals surface area contributed by atoms with Crippen LogP contribution in [0.3, 0.4) is 0 Å². The van der Waals surface area contributed by atoms with Gasteiger partial charge in [-0.15, -0.1) is 0 Å². The molecule has 0 aliphatic rings.